The third-order valence-corrected chi connectivity index (χ3v) is 4.39. The van der Waals surface area contributed by atoms with Crippen molar-refractivity contribution in [3.05, 3.63) is 83.4 Å². The first-order valence-electron chi connectivity index (χ1n) is 9.18. The number of carbonyl (C=O) groups is 3. The topological polar surface area (TPSA) is 117 Å². The molecule has 31 heavy (non-hydrogen) atoms. The third kappa shape index (κ3) is 4.99. The van der Waals surface area contributed by atoms with Crippen LogP contribution < -0.4 is 25.2 Å². The van der Waals surface area contributed by atoms with Crippen LogP contribution in [-0.4, -0.2) is 32.0 Å². The summed E-state index contributed by atoms with van der Waals surface area (Å²) in [6.45, 7) is 0. The summed E-state index contributed by atoms with van der Waals surface area (Å²) in [6, 6.07) is 17.0. The average molecular weight is 419 g/mol. The van der Waals surface area contributed by atoms with E-state index in [4.69, 9.17) is 9.47 Å². The molecule has 0 bridgehead atoms. The number of aromatic carboxylic acids is 1. The van der Waals surface area contributed by atoms with Crippen molar-refractivity contribution in [1.82, 2.24) is 0 Å². The van der Waals surface area contributed by atoms with Crippen molar-refractivity contribution in [1.29, 1.82) is 0 Å². The van der Waals surface area contributed by atoms with E-state index in [0.29, 0.717) is 22.9 Å². The summed E-state index contributed by atoms with van der Waals surface area (Å²) in [5.41, 5.74) is 1.13. The molecule has 3 rings (SSSR count). The summed E-state index contributed by atoms with van der Waals surface area (Å²) in [6.07, 6.45) is 0. The fourth-order valence-corrected chi connectivity index (χ4v) is 2.93. The van der Waals surface area contributed by atoms with Gasteiger partial charge in [-0.25, -0.2) is 0 Å². The van der Waals surface area contributed by atoms with Crippen molar-refractivity contribution in [3.63, 3.8) is 0 Å². The molecule has 0 unspecified atom stereocenters. The molecule has 0 atom stereocenters. The van der Waals surface area contributed by atoms with E-state index < -0.39 is 17.8 Å². The maximum absolute atomic E-state index is 12.8. The van der Waals surface area contributed by atoms with Gasteiger partial charge in [-0.3, -0.25) is 9.59 Å². The van der Waals surface area contributed by atoms with E-state index in [1.165, 1.54) is 38.5 Å². The lowest BCUT2D eigenvalue weighted by Crippen LogP contribution is -2.22. The van der Waals surface area contributed by atoms with Crippen LogP contribution in [0, 0.1) is 0 Å². The molecule has 0 saturated carbocycles. The van der Waals surface area contributed by atoms with Crippen molar-refractivity contribution < 1.29 is 29.0 Å². The molecule has 8 nitrogen and oxygen atoms in total. The van der Waals surface area contributed by atoms with Crippen molar-refractivity contribution in [2.45, 2.75) is 0 Å². The first-order valence-corrected chi connectivity index (χ1v) is 9.18. The lowest BCUT2D eigenvalue weighted by Gasteiger charge is -2.13. The third-order valence-electron chi connectivity index (χ3n) is 4.39. The standard InChI is InChI=1S/C23H20N2O6/c1-30-18-10-5-11-19(31-2)20(18)22(27)25-16-8-3-6-14(12-16)21(26)24-17-9-4-7-15(13-17)23(28)29/h3-13H,1-2H3,(H,24,26)(H,25,27)(H,28,29)/p-1. The smallest absolute Gasteiger partial charge is 0.263 e. The van der Waals surface area contributed by atoms with Gasteiger partial charge < -0.3 is 30.0 Å². The molecule has 2 amide bonds. The lowest BCUT2D eigenvalue weighted by molar-refractivity contribution is -0.255. The van der Waals surface area contributed by atoms with Crippen LogP contribution in [0.1, 0.15) is 31.1 Å². The number of carboxylic acid groups (broad SMARTS) is 1. The Morgan fingerprint density at radius 2 is 1.19 bits per heavy atom. The molecule has 0 aliphatic heterocycles. The zero-order valence-electron chi connectivity index (χ0n) is 16.8. The molecule has 0 aromatic heterocycles. The van der Waals surface area contributed by atoms with Gasteiger partial charge in [-0.2, -0.15) is 0 Å². The van der Waals surface area contributed by atoms with E-state index in [9.17, 15) is 19.5 Å². The minimum atomic E-state index is -1.34. The van der Waals surface area contributed by atoms with Crippen LogP contribution in [-0.2, 0) is 0 Å². The summed E-state index contributed by atoms with van der Waals surface area (Å²) in [7, 11) is 2.90. The van der Waals surface area contributed by atoms with Gasteiger partial charge in [0.2, 0.25) is 0 Å². The molecule has 0 saturated heterocycles. The predicted molar refractivity (Wildman–Crippen MR) is 113 cm³/mol. The SMILES string of the molecule is COc1cccc(OC)c1C(=O)Nc1cccc(C(=O)Nc2cccc(C(=O)[O-])c2)c1. The molecule has 0 spiro atoms. The van der Waals surface area contributed by atoms with Crippen LogP contribution in [0.4, 0.5) is 11.4 Å². The Hall–Kier alpha value is -4.33. The van der Waals surface area contributed by atoms with E-state index in [2.05, 4.69) is 10.6 Å². The number of carbonyl (C=O) groups excluding carboxylic acids is 3. The monoisotopic (exact) mass is 419 g/mol. The van der Waals surface area contributed by atoms with Gasteiger partial charge in [-0.1, -0.05) is 24.3 Å². The highest BCUT2D eigenvalue weighted by molar-refractivity contribution is 6.09. The van der Waals surface area contributed by atoms with Crippen LogP contribution in [0.25, 0.3) is 0 Å². The number of rotatable bonds is 7. The number of anilines is 2. The highest BCUT2D eigenvalue weighted by atomic mass is 16.5. The number of amides is 2. The van der Waals surface area contributed by atoms with E-state index in [-0.39, 0.29) is 16.7 Å². The fraction of sp³-hybridized carbons (Fsp3) is 0.0870. The van der Waals surface area contributed by atoms with Gasteiger partial charge in [-0.15, -0.1) is 0 Å². The van der Waals surface area contributed by atoms with E-state index >= 15 is 0 Å². The first-order chi connectivity index (χ1) is 14.9. The van der Waals surface area contributed by atoms with Gasteiger partial charge >= 0.3 is 0 Å². The van der Waals surface area contributed by atoms with Crippen LogP contribution in [0.15, 0.2) is 66.7 Å². The Bertz CT molecular complexity index is 1120. The Labute approximate surface area is 178 Å². The molecule has 0 aliphatic rings. The molecule has 0 heterocycles. The number of ether oxygens (including phenoxy) is 2. The second kappa shape index (κ2) is 9.45. The number of hydrogen-bond donors (Lipinski definition) is 2. The maximum Gasteiger partial charge on any atom is 0.263 e. The number of nitrogens with one attached hydrogen (secondary N) is 2. The molecular weight excluding hydrogens is 400 g/mol. The minimum absolute atomic E-state index is 0.0513. The molecule has 0 aliphatic carbocycles. The Morgan fingerprint density at radius 3 is 1.74 bits per heavy atom. The first kappa shape index (κ1) is 21.4. The Kier molecular flexibility index (Phi) is 6.51. The van der Waals surface area contributed by atoms with Crippen LogP contribution in [0.2, 0.25) is 0 Å². The normalized spacial score (nSPS) is 10.1. The van der Waals surface area contributed by atoms with Crippen molar-refractivity contribution in [3.8, 4) is 11.5 Å². The van der Waals surface area contributed by atoms with E-state index in [0.717, 1.165) is 0 Å². The van der Waals surface area contributed by atoms with E-state index in [1.807, 2.05) is 0 Å². The molecule has 2 N–H and O–H groups in total. The molecule has 158 valence electrons. The summed E-state index contributed by atoms with van der Waals surface area (Å²) in [5.74, 6) is -1.58. The maximum atomic E-state index is 12.8. The quantitative estimate of drug-likeness (QED) is 0.608. The Balaban J connectivity index is 1.79. The van der Waals surface area contributed by atoms with Crippen LogP contribution in [0.5, 0.6) is 11.5 Å². The van der Waals surface area contributed by atoms with Gasteiger partial charge in [-0.05, 0) is 48.0 Å². The average Bonchev–Trinajstić information content (AvgIpc) is 2.78. The molecule has 0 radical (unpaired) electrons. The highest BCUT2D eigenvalue weighted by Crippen LogP contribution is 2.29. The second-order valence-corrected chi connectivity index (χ2v) is 6.39. The van der Waals surface area contributed by atoms with Gasteiger partial charge in [0, 0.05) is 16.9 Å². The zero-order valence-corrected chi connectivity index (χ0v) is 16.8. The summed E-state index contributed by atoms with van der Waals surface area (Å²) < 4.78 is 10.5. The molecular formula is C23H19N2O6-. The van der Waals surface area contributed by atoms with Gasteiger partial charge in [0.15, 0.2) is 0 Å². The van der Waals surface area contributed by atoms with Gasteiger partial charge in [0.25, 0.3) is 11.8 Å². The molecule has 3 aromatic carbocycles. The lowest BCUT2D eigenvalue weighted by atomic mass is 10.1. The summed E-state index contributed by atoms with van der Waals surface area (Å²) >= 11 is 0. The Morgan fingerprint density at radius 1 is 0.710 bits per heavy atom. The second-order valence-electron chi connectivity index (χ2n) is 6.39. The molecule has 8 heteroatoms. The number of carboxylic acids is 1. The number of methoxy groups -OCH3 is 2. The fourth-order valence-electron chi connectivity index (χ4n) is 2.93. The summed E-state index contributed by atoms with van der Waals surface area (Å²) in [4.78, 5) is 36.4. The van der Waals surface area contributed by atoms with Crippen molar-refractivity contribution >= 4 is 29.2 Å². The van der Waals surface area contributed by atoms with Crippen LogP contribution >= 0.6 is 0 Å². The summed E-state index contributed by atoms with van der Waals surface area (Å²) in [5, 5.41) is 16.3. The van der Waals surface area contributed by atoms with Gasteiger partial charge in [0.05, 0.1) is 20.2 Å². The molecule has 3 aromatic rings. The number of benzene rings is 3. The largest absolute Gasteiger partial charge is 0.545 e. The van der Waals surface area contributed by atoms with Gasteiger partial charge in [0.1, 0.15) is 17.1 Å². The van der Waals surface area contributed by atoms with E-state index in [1.54, 1.807) is 42.5 Å². The predicted octanol–water partition coefficient (Wildman–Crippen LogP) is 2.57. The minimum Gasteiger partial charge on any atom is -0.545 e. The zero-order chi connectivity index (χ0) is 22.4. The van der Waals surface area contributed by atoms with Crippen molar-refractivity contribution in [2.24, 2.45) is 0 Å². The number of hydrogen-bond acceptors (Lipinski definition) is 6. The molecule has 0 fully saturated rings. The van der Waals surface area contributed by atoms with Crippen LogP contribution in [0.3, 0.4) is 0 Å². The highest BCUT2D eigenvalue weighted by Gasteiger charge is 2.18. The van der Waals surface area contributed by atoms with Crippen molar-refractivity contribution in [2.75, 3.05) is 24.9 Å².